The number of sulfonamides is 1. The number of ether oxygens (including phenoxy) is 2. The molecule has 0 saturated carbocycles. The largest absolute Gasteiger partial charge is 0.466 e. The Labute approximate surface area is 133 Å². The molecular weight excluding hydrogens is 401 g/mol. The summed E-state index contributed by atoms with van der Waals surface area (Å²) in [5.41, 5.74) is 0. The molecule has 0 unspecified atom stereocenters. The molecule has 0 aromatic heterocycles. The highest BCUT2D eigenvalue weighted by molar-refractivity contribution is 14.1. The first-order chi connectivity index (χ1) is 9.36. The van der Waals surface area contributed by atoms with Gasteiger partial charge in [-0.25, -0.2) is 13.1 Å². The number of hydrogen-bond donors (Lipinski definition) is 1. The monoisotopic (exact) mass is 421 g/mol. The minimum absolute atomic E-state index is 0.103. The normalized spacial score (nSPS) is 12.8. The van der Waals surface area contributed by atoms with Crippen LogP contribution in [0.3, 0.4) is 0 Å². The van der Waals surface area contributed by atoms with Crippen LogP contribution in [0.25, 0.3) is 0 Å². The van der Waals surface area contributed by atoms with Gasteiger partial charge in [-0.3, -0.25) is 9.59 Å². The second-order valence-corrected chi connectivity index (χ2v) is 6.75. The molecule has 1 atom stereocenters. The number of rotatable bonds is 10. The number of alkyl halides is 1. The van der Waals surface area contributed by atoms with Gasteiger partial charge in [-0.05, 0) is 20.3 Å². The van der Waals surface area contributed by atoms with E-state index >= 15 is 0 Å². The summed E-state index contributed by atoms with van der Waals surface area (Å²) < 4.78 is 35.9. The van der Waals surface area contributed by atoms with Gasteiger partial charge in [0.15, 0.2) is 0 Å². The Morgan fingerprint density at radius 3 is 2.30 bits per heavy atom. The number of nitrogens with one attached hydrogen (secondary N) is 1. The van der Waals surface area contributed by atoms with Crippen molar-refractivity contribution in [1.82, 2.24) is 4.72 Å². The molecule has 7 nitrogen and oxygen atoms in total. The highest BCUT2D eigenvalue weighted by atomic mass is 127. The van der Waals surface area contributed by atoms with Crippen LogP contribution in [0, 0.1) is 0 Å². The number of carbonyl (C=O) groups is 2. The molecule has 9 heteroatoms. The van der Waals surface area contributed by atoms with E-state index in [0.717, 1.165) is 0 Å². The lowest BCUT2D eigenvalue weighted by molar-refractivity contribution is -0.151. The average Bonchev–Trinajstić information content (AvgIpc) is 2.36. The van der Waals surface area contributed by atoms with E-state index in [2.05, 4.69) is 27.3 Å². The molecule has 0 aliphatic carbocycles. The third kappa shape index (κ3) is 8.69. The summed E-state index contributed by atoms with van der Waals surface area (Å²) in [6.45, 7) is 3.50. The van der Waals surface area contributed by atoms with Crippen molar-refractivity contribution in [2.75, 3.05) is 23.4 Å². The van der Waals surface area contributed by atoms with Gasteiger partial charge in [0.05, 0.1) is 25.4 Å². The van der Waals surface area contributed by atoms with E-state index in [4.69, 9.17) is 9.47 Å². The van der Waals surface area contributed by atoms with E-state index in [9.17, 15) is 18.0 Å². The summed E-state index contributed by atoms with van der Waals surface area (Å²) in [6, 6.07) is -1.24. The standard InChI is InChI=1S/C11H20INO6S/c1-3-18-10(14)8-9(11(15)19-4-2)13-20(16,17)7-5-6-12/h9,13H,3-8H2,1-2H3/t9-/m0/s1. The molecule has 1 N–H and O–H groups in total. The molecule has 0 bridgehead atoms. The van der Waals surface area contributed by atoms with Crippen LogP contribution < -0.4 is 4.72 Å². The van der Waals surface area contributed by atoms with Crippen molar-refractivity contribution in [3.8, 4) is 0 Å². The van der Waals surface area contributed by atoms with E-state index in [1.807, 2.05) is 0 Å². The van der Waals surface area contributed by atoms with E-state index in [0.29, 0.717) is 10.8 Å². The first kappa shape index (κ1) is 19.6. The number of esters is 2. The van der Waals surface area contributed by atoms with Crippen molar-refractivity contribution in [3.05, 3.63) is 0 Å². The lowest BCUT2D eigenvalue weighted by atomic mass is 10.2. The Kier molecular flexibility index (Phi) is 10.1. The van der Waals surface area contributed by atoms with Crippen molar-refractivity contribution < 1.29 is 27.5 Å². The maximum absolute atomic E-state index is 11.8. The molecular formula is C11H20INO6S. The molecule has 0 radical (unpaired) electrons. The fourth-order valence-corrected chi connectivity index (χ4v) is 3.48. The van der Waals surface area contributed by atoms with Gasteiger partial charge in [0.25, 0.3) is 0 Å². The van der Waals surface area contributed by atoms with Crippen LogP contribution in [0.2, 0.25) is 0 Å². The van der Waals surface area contributed by atoms with Crippen LogP contribution in [0.5, 0.6) is 0 Å². The molecule has 0 heterocycles. The molecule has 0 aliphatic rings. The molecule has 0 saturated heterocycles. The van der Waals surface area contributed by atoms with Gasteiger partial charge in [0, 0.05) is 4.43 Å². The van der Waals surface area contributed by atoms with Crippen molar-refractivity contribution in [2.45, 2.75) is 32.7 Å². The first-order valence-electron chi connectivity index (χ1n) is 6.24. The second-order valence-electron chi connectivity index (χ2n) is 3.79. The summed E-state index contributed by atoms with van der Waals surface area (Å²) in [4.78, 5) is 23.1. The maximum atomic E-state index is 11.8. The number of carbonyl (C=O) groups excluding carboxylic acids is 2. The lowest BCUT2D eigenvalue weighted by Gasteiger charge is -2.16. The zero-order chi connectivity index (χ0) is 15.6. The fourth-order valence-electron chi connectivity index (χ4n) is 1.32. The lowest BCUT2D eigenvalue weighted by Crippen LogP contribution is -2.44. The van der Waals surface area contributed by atoms with Gasteiger partial charge in [-0.15, -0.1) is 0 Å². The Hall–Kier alpha value is -0.420. The molecule has 20 heavy (non-hydrogen) atoms. The number of halogens is 1. The third-order valence-electron chi connectivity index (χ3n) is 2.12. The highest BCUT2D eigenvalue weighted by Crippen LogP contribution is 2.03. The summed E-state index contributed by atoms with van der Waals surface area (Å²) in [5, 5.41) is 0. The topological polar surface area (TPSA) is 98.8 Å². The van der Waals surface area contributed by atoms with Crippen molar-refractivity contribution in [3.63, 3.8) is 0 Å². The Morgan fingerprint density at radius 2 is 1.80 bits per heavy atom. The molecule has 0 amide bonds. The van der Waals surface area contributed by atoms with Crippen LogP contribution in [0.15, 0.2) is 0 Å². The van der Waals surface area contributed by atoms with Gasteiger partial charge < -0.3 is 9.47 Å². The number of hydrogen-bond acceptors (Lipinski definition) is 6. The summed E-state index contributed by atoms with van der Waals surface area (Å²) in [7, 11) is -3.63. The molecule has 0 aromatic carbocycles. The molecule has 0 aliphatic heterocycles. The van der Waals surface area contributed by atoms with Crippen LogP contribution in [0.1, 0.15) is 26.7 Å². The molecule has 0 fully saturated rings. The van der Waals surface area contributed by atoms with Crippen LogP contribution in [0.4, 0.5) is 0 Å². The summed E-state index contributed by atoms with van der Waals surface area (Å²) in [5.74, 6) is -1.53. The smallest absolute Gasteiger partial charge is 0.324 e. The van der Waals surface area contributed by atoms with Crippen molar-refractivity contribution >= 4 is 44.6 Å². The summed E-state index contributed by atoms with van der Waals surface area (Å²) >= 11 is 2.06. The van der Waals surface area contributed by atoms with Crippen LogP contribution in [-0.4, -0.2) is 49.8 Å². The molecule has 0 spiro atoms. The SMILES string of the molecule is CCOC(=O)C[C@H](NS(=O)(=O)CCCI)C(=O)OCC. The zero-order valence-corrected chi connectivity index (χ0v) is 14.5. The quantitative estimate of drug-likeness (QED) is 0.316. The third-order valence-corrected chi connectivity index (χ3v) is 4.35. The van der Waals surface area contributed by atoms with Gasteiger partial charge in [-0.1, -0.05) is 22.6 Å². The zero-order valence-electron chi connectivity index (χ0n) is 11.6. The minimum atomic E-state index is -3.63. The second kappa shape index (κ2) is 10.3. The maximum Gasteiger partial charge on any atom is 0.324 e. The van der Waals surface area contributed by atoms with Crippen LogP contribution in [-0.2, 0) is 29.1 Å². The van der Waals surface area contributed by atoms with Crippen molar-refractivity contribution in [2.24, 2.45) is 0 Å². The Balaban J connectivity index is 4.76. The van der Waals surface area contributed by atoms with Gasteiger partial charge in [0.2, 0.25) is 10.0 Å². The fraction of sp³-hybridized carbons (Fsp3) is 0.818. The molecule has 0 rings (SSSR count). The molecule has 118 valence electrons. The van der Waals surface area contributed by atoms with Gasteiger partial charge in [0.1, 0.15) is 6.04 Å². The van der Waals surface area contributed by atoms with E-state index in [1.165, 1.54) is 0 Å². The predicted molar refractivity (Wildman–Crippen MR) is 82.1 cm³/mol. The average molecular weight is 421 g/mol. The first-order valence-corrected chi connectivity index (χ1v) is 9.42. The van der Waals surface area contributed by atoms with E-state index in [1.54, 1.807) is 13.8 Å². The minimum Gasteiger partial charge on any atom is -0.466 e. The van der Waals surface area contributed by atoms with E-state index in [-0.39, 0.29) is 25.4 Å². The molecule has 0 aromatic rings. The van der Waals surface area contributed by atoms with Gasteiger partial charge in [-0.2, -0.15) is 0 Å². The Bertz CT molecular complexity index is 411. The summed E-state index contributed by atoms with van der Waals surface area (Å²) in [6.07, 6.45) is 0.0843. The predicted octanol–water partition coefficient (Wildman–Crippen LogP) is 0.616. The van der Waals surface area contributed by atoms with E-state index < -0.39 is 28.0 Å². The van der Waals surface area contributed by atoms with Gasteiger partial charge >= 0.3 is 11.9 Å². The Morgan fingerprint density at radius 1 is 1.20 bits per heavy atom. The van der Waals surface area contributed by atoms with Crippen LogP contribution >= 0.6 is 22.6 Å². The highest BCUT2D eigenvalue weighted by Gasteiger charge is 2.28. The van der Waals surface area contributed by atoms with Crippen molar-refractivity contribution in [1.29, 1.82) is 0 Å².